The van der Waals surface area contributed by atoms with E-state index >= 15 is 0 Å². The van der Waals surface area contributed by atoms with Crippen molar-refractivity contribution < 1.29 is 4.74 Å². The number of aromatic nitrogens is 1. The molecule has 2 unspecified atom stereocenters. The van der Waals surface area contributed by atoms with E-state index in [9.17, 15) is 0 Å². The molecule has 1 aliphatic heterocycles. The molecule has 4 nitrogen and oxygen atoms in total. The Balaban J connectivity index is 2.01. The lowest BCUT2D eigenvalue weighted by Gasteiger charge is -2.24. The quantitative estimate of drug-likeness (QED) is 0.852. The van der Waals surface area contributed by atoms with Crippen LogP contribution in [0.1, 0.15) is 18.9 Å². The SMILES string of the molecule is CC(N)Cc1ccc(N(C)C2CCOC2)nc1. The first-order chi connectivity index (χ1) is 8.16. The number of likely N-dealkylation sites (N-methyl/N-ethyl adjacent to an activating group) is 1. The Labute approximate surface area is 103 Å². The molecule has 2 N–H and O–H groups in total. The van der Waals surface area contributed by atoms with Crippen molar-refractivity contribution in [3.05, 3.63) is 23.9 Å². The average Bonchev–Trinajstić information content (AvgIpc) is 2.82. The van der Waals surface area contributed by atoms with Gasteiger partial charge in [-0.05, 0) is 31.4 Å². The van der Waals surface area contributed by atoms with Gasteiger partial charge in [0.25, 0.3) is 0 Å². The third-order valence-corrected chi connectivity index (χ3v) is 3.18. The fourth-order valence-electron chi connectivity index (χ4n) is 2.13. The van der Waals surface area contributed by atoms with Crippen molar-refractivity contribution in [1.29, 1.82) is 0 Å². The summed E-state index contributed by atoms with van der Waals surface area (Å²) in [6.45, 7) is 3.67. The number of nitrogens with two attached hydrogens (primary N) is 1. The molecule has 94 valence electrons. The largest absolute Gasteiger partial charge is 0.379 e. The average molecular weight is 235 g/mol. The highest BCUT2D eigenvalue weighted by molar-refractivity contribution is 5.40. The van der Waals surface area contributed by atoms with Crippen LogP contribution in [0.4, 0.5) is 5.82 Å². The fourth-order valence-corrected chi connectivity index (χ4v) is 2.13. The Bertz CT molecular complexity index is 344. The molecule has 0 amide bonds. The van der Waals surface area contributed by atoms with Crippen molar-refractivity contribution in [3.63, 3.8) is 0 Å². The van der Waals surface area contributed by atoms with Gasteiger partial charge in [0.1, 0.15) is 5.82 Å². The lowest BCUT2D eigenvalue weighted by Crippen LogP contribution is -2.32. The third kappa shape index (κ3) is 3.17. The van der Waals surface area contributed by atoms with Gasteiger partial charge in [-0.25, -0.2) is 4.98 Å². The summed E-state index contributed by atoms with van der Waals surface area (Å²) in [5.74, 6) is 1.01. The predicted molar refractivity (Wildman–Crippen MR) is 69.2 cm³/mol. The molecule has 1 saturated heterocycles. The molecule has 2 atom stereocenters. The van der Waals surface area contributed by atoms with Crippen LogP contribution in [0, 0.1) is 0 Å². The molecule has 0 bridgehead atoms. The highest BCUT2D eigenvalue weighted by atomic mass is 16.5. The zero-order chi connectivity index (χ0) is 12.3. The molecule has 2 rings (SSSR count). The lowest BCUT2D eigenvalue weighted by atomic mass is 10.1. The molecule has 0 aromatic carbocycles. The zero-order valence-corrected chi connectivity index (χ0v) is 10.6. The number of anilines is 1. The molecule has 17 heavy (non-hydrogen) atoms. The summed E-state index contributed by atoms with van der Waals surface area (Å²) in [6.07, 6.45) is 3.88. The van der Waals surface area contributed by atoms with E-state index in [0.29, 0.717) is 6.04 Å². The first-order valence-corrected chi connectivity index (χ1v) is 6.18. The van der Waals surface area contributed by atoms with Gasteiger partial charge < -0.3 is 15.4 Å². The van der Waals surface area contributed by atoms with E-state index in [-0.39, 0.29) is 6.04 Å². The van der Waals surface area contributed by atoms with Gasteiger partial charge in [-0.2, -0.15) is 0 Å². The van der Waals surface area contributed by atoms with E-state index < -0.39 is 0 Å². The van der Waals surface area contributed by atoms with Crippen LogP contribution in [0.15, 0.2) is 18.3 Å². The summed E-state index contributed by atoms with van der Waals surface area (Å²) < 4.78 is 5.39. The predicted octanol–water partition coefficient (Wildman–Crippen LogP) is 1.20. The first-order valence-electron chi connectivity index (χ1n) is 6.18. The minimum atomic E-state index is 0.184. The van der Waals surface area contributed by atoms with E-state index in [2.05, 4.69) is 29.1 Å². The second-order valence-corrected chi connectivity index (χ2v) is 4.83. The van der Waals surface area contributed by atoms with Gasteiger partial charge in [0.2, 0.25) is 0 Å². The van der Waals surface area contributed by atoms with Gasteiger partial charge in [-0.3, -0.25) is 0 Å². The van der Waals surface area contributed by atoms with E-state index in [1.807, 2.05) is 13.1 Å². The van der Waals surface area contributed by atoms with Crippen molar-refractivity contribution >= 4 is 5.82 Å². The Morgan fingerprint density at radius 2 is 2.41 bits per heavy atom. The topological polar surface area (TPSA) is 51.4 Å². The van der Waals surface area contributed by atoms with Gasteiger partial charge in [-0.15, -0.1) is 0 Å². The zero-order valence-electron chi connectivity index (χ0n) is 10.6. The van der Waals surface area contributed by atoms with Crippen LogP contribution in [0.2, 0.25) is 0 Å². The van der Waals surface area contributed by atoms with Gasteiger partial charge >= 0.3 is 0 Å². The number of hydrogen-bond acceptors (Lipinski definition) is 4. The molecule has 1 fully saturated rings. The first kappa shape index (κ1) is 12.3. The van der Waals surface area contributed by atoms with Gasteiger partial charge in [-0.1, -0.05) is 6.07 Å². The second-order valence-electron chi connectivity index (χ2n) is 4.83. The standard InChI is InChI=1S/C13H21N3O/c1-10(14)7-11-3-4-13(15-8-11)16(2)12-5-6-17-9-12/h3-4,8,10,12H,5-7,9,14H2,1-2H3. The Morgan fingerprint density at radius 3 is 2.94 bits per heavy atom. The van der Waals surface area contributed by atoms with Crippen molar-refractivity contribution in [2.45, 2.75) is 31.8 Å². The highest BCUT2D eigenvalue weighted by Crippen LogP contribution is 2.18. The Kier molecular flexibility index (Phi) is 3.97. The molecule has 0 aliphatic carbocycles. The van der Waals surface area contributed by atoms with Gasteiger partial charge in [0.05, 0.1) is 12.6 Å². The van der Waals surface area contributed by atoms with Crippen molar-refractivity contribution in [1.82, 2.24) is 4.98 Å². The van der Waals surface area contributed by atoms with E-state index in [0.717, 1.165) is 31.9 Å². The summed E-state index contributed by atoms with van der Waals surface area (Å²) in [6, 6.07) is 4.82. The lowest BCUT2D eigenvalue weighted by molar-refractivity contribution is 0.193. The highest BCUT2D eigenvalue weighted by Gasteiger charge is 2.21. The molecule has 4 heteroatoms. The monoisotopic (exact) mass is 235 g/mol. The molecule has 2 heterocycles. The maximum absolute atomic E-state index is 5.77. The number of pyridine rings is 1. The maximum Gasteiger partial charge on any atom is 0.128 e. The Hall–Kier alpha value is -1.13. The van der Waals surface area contributed by atoms with Crippen LogP contribution >= 0.6 is 0 Å². The van der Waals surface area contributed by atoms with Crippen molar-refractivity contribution in [2.24, 2.45) is 5.73 Å². The molecule has 0 radical (unpaired) electrons. The fraction of sp³-hybridized carbons (Fsp3) is 0.615. The smallest absolute Gasteiger partial charge is 0.128 e. The molecular weight excluding hydrogens is 214 g/mol. The van der Waals surface area contributed by atoms with Crippen molar-refractivity contribution in [2.75, 3.05) is 25.2 Å². The number of rotatable bonds is 4. The normalized spacial score (nSPS) is 21.5. The number of ether oxygens (including phenoxy) is 1. The summed E-state index contributed by atoms with van der Waals surface area (Å²) in [5.41, 5.74) is 6.96. The summed E-state index contributed by atoms with van der Waals surface area (Å²) in [4.78, 5) is 6.69. The summed E-state index contributed by atoms with van der Waals surface area (Å²) in [7, 11) is 2.08. The number of nitrogens with zero attached hydrogens (tertiary/aromatic N) is 2. The molecule has 0 saturated carbocycles. The van der Waals surface area contributed by atoms with Crippen LogP contribution in [0.3, 0.4) is 0 Å². The van der Waals surface area contributed by atoms with E-state index in [4.69, 9.17) is 10.5 Å². The summed E-state index contributed by atoms with van der Waals surface area (Å²) in [5, 5.41) is 0. The van der Waals surface area contributed by atoms with Crippen molar-refractivity contribution in [3.8, 4) is 0 Å². The van der Waals surface area contributed by atoms with Crippen LogP contribution in [0.25, 0.3) is 0 Å². The minimum absolute atomic E-state index is 0.184. The minimum Gasteiger partial charge on any atom is -0.379 e. The third-order valence-electron chi connectivity index (χ3n) is 3.18. The number of hydrogen-bond donors (Lipinski definition) is 1. The van der Waals surface area contributed by atoms with E-state index in [1.54, 1.807) is 0 Å². The van der Waals surface area contributed by atoms with Gasteiger partial charge in [0, 0.05) is 25.9 Å². The van der Waals surface area contributed by atoms with Crippen LogP contribution in [0.5, 0.6) is 0 Å². The molecule has 1 aliphatic rings. The summed E-state index contributed by atoms with van der Waals surface area (Å²) >= 11 is 0. The molecule has 0 spiro atoms. The molecule has 1 aromatic heterocycles. The maximum atomic E-state index is 5.77. The van der Waals surface area contributed by atoms with Crippen LogP contribution < -0.4 is 10.6 Å². The second kappa shape index (κ2) is 5.47. The molecular formula is C13H21N3O. The van der Waals surface area contributed by atoms with Crippen LogP contribution in [-0.4, -0.2) is 37.3 Å². The Morgan fingerprint density at radius 1 is 1.59 bits per heavy atom. The van der Waals surface area contributed by atoms with Crippen LogP contribution in [-0.2, 0) is 11.2 Å². The molecule has 1 aromatic rings. The van der Waals surface area contributed by atoms with E-state index in [1.165, 1.54) is 5.56 Å². The van der Waals surface area contributed by atoms with Gasteiger partial charge in [0.15, 0.2) is 0 Å².